The molecule has 0 atom stereocenters. The molecule has 0 bridgehead atoms. The van der Waals surface area contributed by atoms with Crippen molar-refractivity contribution in [3.63, 3.8) is 0 Å². The van der Waals surface area contributed by atoms with Crippen molar-refractivity contribution in [2.24, 2.45) is 0 Å². The quantitative estimate of drug-likeness (QED) is 0.465. The minimum atomic E-state index is 0.948. The average Bonchev–Trinajstić information content (AvgIpc) is 1.65. The Bertz CT molecular complexity index is 77.9. The van der Waals surface area contributed by atoms with E-state index in [1.807, 2.05) is 13.8 Å². The van der Waals surface area contributed by atoms with E-state index in [4.69, 9.17) is 5.41 Å². The number of nitrogens with one attached hydrogen (secondary N) is 1. The van der Waals surface area contributed by atoms with Crippen LogP contribution in [0.4, 0.5) is 0 Å². The molecule has 0 amide bonds. The van der Waals surface area contributed by atoms with Crippen molar-refractivity contribution in [3.05, 3.63) is 5.57 Å². The maximum Gasteiger partial charge on any atom is -0.0128 e. The molecule has 34 valence electrons. The van der Waals surface area contributed by atoms with Gasteiger partial charge in [0.1, 0.15) is 0 Å². The van der Waals surface area contributed by atoms with Gasteiger partial charge in [0, 0.05) is 0 Å². The van der Waals surface area contributed by atoms with Crippen LogP contribution in [0, 0.1) is 5.41 Å². The fraction of sp³-hybridized carbons (Fsp3) is 0.600. The highest BCUT2D eigenvalue weighted by molar-refractivity contribution is 5.52. The molecule has 0 spiro atoms. The Hall–Kier alpha value is -0.550. The van der Waals surface area contributed by atoms with Crippen LogP contribution in [-0.4, -0.2) is 5.87 Å². The van der Waals surface area contributed by atoms with E-state index < -0.39 is 0 Å². The summed E-state index contributed by atoms with van der Waals surface area (Å²) in [4.78, 5) is 0. The van der Waals surface area contributed by atoms with Crippen molar-refractivity contribution >= 4 is 5.87 Å². The molecular formula is C5H9N. The molecule has 0 aromatic heterocycles. The number of rotatable bonds is 1. The normalized spacial score (nSPS) is 7.00. The molecule has 0 aromatic rings. The van der Waals surface area contributed by atoms with Crippen LogP contribution in [0.1, 0.15) is 20.3 Å². The zero-order valence-electron chi connectivity index (χ0n) is 4.21. The lowest BCUT2D eigenvalue weighted by molar-refractivity contribution is 1.12. The molecule has 0 radical (unpaired) electrons. The van der Waals surface area contributed by atoms with E-state index in [-0.39, 0.29) is 0 Å². The molecular weight excluding hydrogens is 74.1 g/mol. The smallest absolute Gasteiger partial charge is 0.0128 e. The Kier molecular flexibility index (Phi) is 2.43. The molecule has 1 N–H and O–H groups in total. The van der Waals surface area contributed by atoms with Gasteiger partial charge in [0.2, 0.25) is 0 Å². The molecule has 0 aromatic carbocycles. The first kappa shape index (κ1) is 5.45. The van der Waals surface area contributed by atoms with Gasteiger partial charge < -0.3 is 0 Å². The van der Waals surface area contributed by atoms with Crippen LogP contribution in [0.25, 0.3) is 0 Å². The topological polar surface area (TPSA) is 23.9 Å². The van der Waals surface area contributed by atoms with Crippen molar-refractivity contribution in [2.75, 3.05) is 0 Å². The van der Waals surface area contributed by atoms with Crippen molar-refractivity contribution in [3.8, 4) is 0 Å². The van der Waals surface area contributed by atoms with Gasteiger partial charge in [-0.25, -0.2) is 0 Å². The van der Waals surface area contributed by atoms with Crippen LogP contribution in [0.3, 0.4) is 0 Å². The van der Waals surface area contributed by atoms with Gasteiger partial charge in [-0.3, -0.25) is 5.41 Å². The molecule has 0 aliphatic rings. The minimum absolute atomic E-state index is 0.948. The van der Waals surface area contributed by atoms with Gasteiger partial charge in [-0.15, -0.1) is 0 Å². The number of hydrogen-bond acceptors (Lipinski definition) is 1. The third kappa shape index (κ3) is 1.74. The first-order valence-electron chi connectivity index (χ1n) is 2.06. The lowest BCUT2D eigenvalue weighted by atomic mass is 10.3. The van der Waals surface area contributed by atoms with Crippen LogP contribution in [0.15, 0.2) is 5.57 Å². The van der Waals surface area contributed by atoms with Crippen LogP contribution in [0.2, 0.25) is 0 Å². The first-order chi connectivity index (χ1) is 2.81. The molecule has 0 heterocycles. The molecule has 0 aliphatic heterocycles. The van der Waals surface area contributed by atoms with Gasteiger partial charge in [0.15, 0.2) is 0 Å². The summed E-state index contributed by atoms with van der Waals surface area (Å²) < 4.78 is 0. The second-order valence-corrected chi connectivity index (χ2v) is 1.26. The summed E-state index contributed by atoms with van der Waals surface area (Å²) in [5.74, 6) is 2.28. The lowest BCUT2D eigenvalue weighted by Gasteiger charge is -1.78. The van der Waals surface area contributed by atoms with Crippen LogP contribution >= 0.6 is 0 Å². The Morgan fingerprint density at radius 2 is 2.33 bits per heavy atom. The van der Waals surface area contributed by atoms with Crippen molar-refractivity contribution in [1.82, 2.24) is 0 Å². The molecule has 0 fully saturated rings. The molecule has 6 heavy (non-hydrogen) atoms. The third-order valence-corrected chi connectivity index (χ3v) is 0.744. The molecule has 0 rings (SSSR count). The maximum atomic E-state index is 6.52. The number of hydrogen-bond donors (Lipinski definition) is 1. The summed E-state index contributed by atoms with van der Waals surface area (Å²) in [6, 6.07) is 0. The Balaban J connectivity index is 3.52. The van der Waals surface area contributed by atoms with Crippen molar-refractivity contribution < 1.29 is 0 Å². The summed E-state index contributed by atoms with van der Waals surface area (Å²) in [5.41, 5.74) is 1.01. The van der Waals surface area contributed by atoms with E-state index in [0.717, 1.165) is 12.0 Å². The predicted octanol–water partition coefficient (Wildman–Crippen LogP) is 1.59. The maximum absolute atomic E-state index is 6.52. The molecule has 0 saturated carbocycles. The van der Waals surface area contributed by atoms with E-state index in [9.17, 15) is 0 Å². The van der Waals surface area contributed by atoms with Crippen molar-refractivity contribution in [1.29, 1.82) is 5.41 Å². The summed E-state index contributed by atoms with van der Waals surface area (Å²) >= 11 is 0. The standard InChI is InChI=1S/C5H9N/c1-3-5(2)4-6/h6H,3H2,1-2H3. The number of allylic oxidation sites excluding steroid dienone is 1. The largest absolute Gasteiger partial charge is 0.259 e. The highest BCUT2D eigenvalue weighted by atomic mass is 14.3. The zero-order valence-corrected chi connectivity index (χ0v) is 4.21. The first-order valence-corrected chi connectivity index (χ1v) is 2.06. The van der Waals surface area contributed by atoms with E-state index in [0.29, 0.717) is 0 Å². The molecule has 0 unspecified atom stereocenters. The van der Waals surface area contributed by atoms with Gasteiger partial charge in [0.25, 0.3) is 0 Å². The summed E-state index contributed by atoms with van der Waals surface area (Å²) in [6.45, 7) is 3.91. The Labute approximate surface area is 38.2 Å². The van der Waals surface area contributed by atoms with Gasteiger partial charge >= 0.3 is 0 Å². The highest BCUT2D eigenvalue weighted by Gasteiger charge is 1.73. The van der Waals surface area contributed by atoms with E-state index >= 15 is 0 Å². The summed E-state index contributed by atoms with van der Waals surface area (Å²) in [6.07, 6.45) is 0.948. The minimum Gasteiger partial charge on any atom is -0.259 e. The van der Waals surface area contributed by atoms with Gasteiger partial charge in [-0.2, -0.15) is 0 Å². The van der Waals surface area contributed by atoms with Gasteiger partial charge in [0.05, 0.1) is 0 Å². The summed E-state index contributed by atoms with van der Waals surface area (Å²) in [5, 5.41) is 6.52. The van der Waals surface area contributed by atoms with Crippen LogP contribution in [-0.2, 0) is 0 Å². The van der Waals surface area contributed by atoms with Gasteiger partial charge in [-0.1, -0.05) is 6.92 Å². The average molecular weight is 83.1 g/mol. The molecule has 1 nitrogen and oxygen atoms in total. The van der Waals surface area contributed by atoms with Crippen LogP contribution in [0.5, 0.6) is 0 Å². The fourth-order valence-corrected chi connectivity index (χ4v) is 0.0884. The highest BCUT2D eigenvalue weighted by Crippen LogP contribution is 1.87. The van der Waals surface area contributed by atoms with Crippen LogP contribution < -0.4 is 0 Å². The zero-order chi connectivity index (χ0) is 4.99. The van der Waals surface area contributed by atoms with E-state index in [1.165, 1.54) is 0 Å². The van der Waals surface area contributed by atoms with Crippen molar-refractivity contribution in [2.45, 2.75) is 20.3 Å². The second-order valence-electron chi connectivity index (χ2n) is 1.26. The van der Waals surface area contributed by atoms with Gasteiger partial charge in [-0.05, 0) is 24.8 Å². The van der Waals surface area contributed by atoms with E-state index in [1.54, 1.807) is 0 Å². The monoisotopic (exact) mass is 83.1 g/mol. The summed E-state index contributed by atoms with van der Waals surface area (Å²) in [7, 11) is 0. The molecule has 0 aliphatic carbocycles. The Morgan fingerprint density at radius 1 is 1.83 bits per heavy atom. The van der Waals surface area contributed by atoms with E-state index in [2.05, 4.69) is 5.87 Å². The molecule has 0 saturated heterocycles. The SMILES string of the molecule is CCC(C)=C=N. The molecule has 1 heteroatoms. The second kappa shape index (κ2) is 2.67. The lowest BCUT2D eigenvalue weighted by Crippen LogP contribution is -1.66. The third-order valence-electron chi connectivity index (χ3n) is 0.744. The fourth-order valence-electron chi connectivity index (χ4n) is 0.0884. The Morgan fingerprint density at radius 3 is 2.33 bits per heavy atom. The predicted molar refractivity (Wildman–Crippen MR) is 27.2 cm³/mol.